The second kappa shape index (κ2) is 24.3. The van der Waals surface area contributed by atoms with Gasteiger partial charge in [0.1, 0.15) is 11.1 Å². The highest BCUT2D eigenvalue weighted by Gasteiger charge is 2.35. The van der Waals surface area contributed by atoms with E-state index in [-0.39, 0.29) is 69.4 Å². The molecule has 2 fully saturated rings. The van der Waals surface area contributed by atoms with Crippen LogP contribution in [-0.4, -0.2) is 182 Å². The molecule has 18 nitrogen and oxygen atoms in total. The van der Waals surface area contributed by atoms with Crippen molar-refractivity contribution in [2.45, 2.75) is 49.4 Å². The number of halogens is 4. The van der Waals surface area contributed by atoms with E-state index in [2.05, 4.69) is 87.4 Å². The minimum Gasteiger partial charge on any atom is -0.369 e. The lowest BCUT2D eigenvalue weighted by molar-refractivity contribution is -0.385. The summed E-state index contributed by atoms with van der Waals surface area (Å²) in [5.41, 5.74) is -1.05. The molecule has 24 heteroatoms. The van der Waals surface area contributed by atoms with Crippen molar-refractivity contribution in [3.63, 3.8) is 0 Å². The van der Waals surface area contributed by atoms with Crippen LogP contribution in [0.5, 0.6) is 0 Å². The minimum atomic E-state index is -4.09. The van der Waals surface area contributed by atoms with Crippen LogP contribution < -0.4 is 9.80 Å². The van der Waals surface area contributed by atoms with E-state index >= 15 is 0 Å². The van der Waals surface area contributed by atoms with Crippen molar-refractivity contribution in [1.29, 1.82) is 0 Å². The Labute approximate surface area is 403 Å². The van der Waals surface area contributed by atoms with Crippen molar-refractivity contribution in [1.82, 2.24) is 19.6 Å². The Morgan fingerprint density at radius 2 is 1.05 bits per heavy atom. The van der Waals surface area contributed by atoms with E-state index in [0.717, 1.165) is 12.1 Å². The van der Waals surface area contributed by atoms with Crippen LogP contribution in [0.4, 0.5) is 22.7 Å². The number of rotatable bonds is 23. The lowest BCUT2D eigenvalue weighted by Crippen LogP contribution is -2.50. The highest BCUT2D eigenvalue weighted by molar-refractivity contribution is 9.09. The van der Waals surface area contributed by atoms with E-state index in [4.69, 9.17) is 0 Å². The van der Waals surface area contributed by atoms with E-state index in [1.165, 1.54) is 24.0 Å². The fourth-order valence-electron chi connectivity index (χ4n) is 7.72. The fourth-order valence-corrected chi connectivity index (χ4v) is 12.1. The minimum absolute atomic E-state index is 0.151. The summed E-state index contributed by atoms with van der Waals surface area (Å²) in [5, 5.41) is 26.7. The van der Waals surface area contributed by atoms with Gasteiger partial charge in [-0.05, 0) is 45.4 Å². The van der Waals surface area contributed by atoms with Crippen LogP contribution in [0.25, 0.3) is 0 Å². The molecular weight excluding hydrogens is 1120 g/mol. The van der Waals surface area contributed by atoms with Crippen LogP contribution in [0.2, 0.25) is 0 Å². The average Bonchev–Trinajstić information content (AvgIpc) is 3.26. The summed E-state index contributed by atoms with van der Waals surface area (Å²) in [6, 6.07) is 5.01. The Hall–Kier alpha value is -2.48. The molecule has 0 spiro atoms. The first-order valence-corrected chi connectivity index (χ1v) is 28.5. The molecule has 2 saturated heterocycles. The third kappa shape index (κ3) is 13.6. The van der Waals surface area contributed by atoms with Crippen LogP contribution in [-0.2, 0) is 19.7 Å². The predicted octanol–water partition coefficient (Wildman–Crippen LogP) is 5.67. The van der Waals surface area contributed by atoms with E-state index in [1.807, 2.05) is 0 Å². The molecule has 2 amide bonds. The number of nitro benzene ring substituents is 2. The normalized spacial score (nSPS) is 15.5. The van der Waals surface area contributed by atoms with E-state index in [1.54, 1.807) is 14.7 Å². The van der Waals surface area contributed by atoms with Gasteiger partial charge in [0, 0.05) is 118 Å². The topological polar surface area (TPSA) is 208 Å². The zero-order chi connectivity index (χ0) is 46.6. The third-order valence-corrected chi connectivity index (χ3v) is 16.3. The number of carbonyl (C=O) groups is 2. The number of nitro groups is 2. The molecule has 0 radical (unpaired) electrons. The van der Waals surface area contributed by atoms with Gasteiger partial charge in [-0.1, -0.05) is 70.6 Å². The van der Waals surface area contributed by atoms with E-state index in [0.29, 0.717) is 99.7 Å². The van der Waals surface area contributed by atoms with Crippen molar-refractivity contribution in [3.05, 3.63) is 55.6 Å². The number of anilines is 2. The summed E-state index contributed by atoms with van der Waals surface area (Å²) in [6.45, 7) is 10.9. The smallest absolute Gasteiger partial charge is 0.283 e. The van der Waals surface area contributed by atoms with Gasteiger partial charge < -0.3 is 19.6 Å². The van der Waals surface area contributed by atoms with Gasteiger partial charge in [0.25, 0.3) is 23.2 Å². The quantitative estimate of drug-likeness (QED) is 0.0569. The van der Waals surface area contributed by atoms with Crippen LogP contribution in [0.15, 0.2) is 34.1 Å². The zero-order valence-corrected chi connectivity index (χ0v) is 43.7. The number of sulfone groups is 2. The number of hydrogen-bond acceptors (Lipinski definition) is 14. The molecular formula is C39H56Br4N8O10S2. The lowest BCUT2D eigenvalue weighted by atomic mass is 10.1. The van der Waals surface area contributed by atoms with Gasteiger partial charge in [-0.2, -0.15) is 0 Å². The molecule has 0 saturated carbocycles. The number of benzene rings is 2. The Balaban J connectivity index is 1.49. The predicted molar refractivity (Wildman–Crippen MR) is 260 cm³/mol. The molecule has 0 unspecified atom stereocenters. The maximum absolute atomic E-state index is 14.1. The van der Waals surface area contributed by atoms with Gasteiger partial charge in [0.15, 0.2) is 19.7 Å². The fraction of sp³-hybridized carbons (Fsp3) is 0.641. The summed E-state index contributed by atoms with van der Waals surface area (Å²) in [6.07, 6.45) is 0.683. The van der Waals surface area contributed by atoms with Gasteiger partial charge in [-0.15, -0.1) is 0 Å². The second-order valence-corrected chi connectivity index (χ2v) is 22.9. The number of hydrogen-bond donors (Lipinski definition) is 0. The summed E-state index contributed by atoms with van der Waals surface area (Å²) in [4.78, 5) is 61.6. The summed E-state index contributed by atoms with van der Waals surface area (Å²) in [5.74, 6) is -1.68. The molecule has 2 aliphatic rings. The van der Waals surface area contributed by atoms with E-state index < -0.39 is 52.7 Å². The molecule has 2 aromatic rings. The van der Waals surface area contributed by atoms with Crippen molar-refractivity contribution in [2.75, 3.05) is 128 Å². The van der Waals surface area contributed by atoms with Crippen molar-refractivity contribution >= 4 is 118 Å². The number of nitrogens with zero attached hydrogens (tertiary/aromatic N) is 8. The van der Waals surface area contributed by atoms with Crippen molar-refractivity contribution in [2.24, 2.45) is 0 Å². The standard InChI is InChI=1S/C39H56Br4N8O10S2/c1-4-62(58,59)36-27-32(50(54)55)30(25-34(36)46(12-7-40)13-8-41)38(52)48-18-16-44(17-19-48)11-5-6-24-63(60,61)37-28-33(51(56)57)31(26-35(37)47(14-9-42)15-10-43)39(53)49-22-20-45(21-23-49)29(2)3/h25-29H,4-24H2,1-3H3. The van der Waals surface area contributed by atoms with Crippen molar-refractivity contribution < 1.29 is 36.3 Å². The largest absolute Gasteiger partial charge is 0.369 e. The Kier molecular flexibility index (Phi) is 20.5. The summed E-state index contributed by atoms with van der Waals surface area (Å²) < 4.78 is 54.5. The second-order valence-electron chi connectivity index (χ2n) is 15.4. The maximum Gasteiger partial charge on any atom is 0.283 e. The van der Waals surface area contributed by atoms with Crippen LogP contribution >= 0.6 is 63.7 Å². The first-order valence-electron chi connectivity index (χ1n) is 20.7. The third-order valence-electron chi connectivity index (χ3n) is 11.3. The first-order chi connectivity index (χ1) is 29.8. The molecule has 2 heterocycles. The molecule has 4 rings (SSSR count). The summed E-state index contributed by atoms with van der Waals surface area (Å²) >= 11 is 13.7. The van der Waals surface area contributed by atoms with Gasteiger partial charge in [-0.25, -0.2) is 16.8 Å². The van der Waals surface area contributed by atoms with Crippen LogP contribution in [0.1, 0.15) is 54.3 Å². The summed E-state index contributed by atoms with van der Waals surface area (Å²) in [7, 11) is -7.99. The van der Waals surface area contributed by atoms with Gasteiger partial charge >= 0.3 is 0 Å². The molecule has 0 atom stereocenters. The lowest BCUT2D eigenvalue weighted by Gasteiger charge is -2.37. The highest BCUT2D eigenvalue weighted by atomic mass is 79.9. The van der Waals surface area contributed by atoms with Gasteiger partial charge in [0.05, 0.1) is 42.5 Å². The number of amides is 2. The monoisotopic (exact) mass is 1180 g/mol. The molecule has 0 aromatic heterocycles. The van der Waals surface area contributed by atoms with Crippen LogP contribution in [0.3, 0.4) is 0 Å². The Morgan fingerprint density at radius 3 is 1.41 bits per heavy atom. The molecule has 63 heavy (non-hydrogen) atoms. The Bertz CT molecular complexity index is 2160. The first kappa shape index (κ1) is 53.1. The average molecular weight is 1180 g/mol. The number of alkyl halides is 4. The molecule has 0 N–H and O–H groups in total. The van der Waals surface area contributed by atoms with Gasteiger partial charge in [-0.3, -0.25) is 39.6 Å². The van der Waals surface area contributed by atoms with Crippen molar-refractivity contribution in [3.8, 4) is 0 Å². The Morgan fingerprint density at radius 1 is 0.651 bits per heavy atom. The molecule has 0 bridgehead atoms. The molecule has 2 aliphatic heterocycles. The number of unbranched alkanes of at least 4 members (excludes halogenated alkanes) is 1. The highest BCUT2D eigenvalue weighted by Crippen LogP contribution is 2.37. The number of carbonyl (C=O) groups excluding carboxylic acids is 2. The zero-order valence-electron chi connectivity index (χ0n) is 35.7. The molecule has 352 valence electrons. The number of piperazine rings is 2. The molecule has 2 aromatic carbocycles. The van der Waals surface area contributed by atoms with Crippen LogP contribution in [0, 0.1) is 20.2 Å². The SMILES string of the molecule is CCS(=O)(=O)c1cc([N+](=O)[O-])c(C(=O)N2CCN(CCCCS(=O)(=O)c3cc([N+](=O)[O-])c(C(=O)N4CCN(C(C)C)CC4)cc3N(CCBr)CCBr)CC2)cc1N(CCBr)CCBr. The maximum atomic E-state index is 14.1. The van der Waals surface area contributed by atoms with Gasteiger partial charge in [0.2, 0.25) is 0 Å². The molecule has 0 aliphatic carbocycles. The van der Waals surface area contributed by atoms with E-state index in [9.17, 15) is 46.7 Å².